The maximum atomic E-state index is 2.54. The van der Waals surface area contributed by atoms with Crippen LogP contribution in [0.1, 0.15) is 75.6 Å². The van der Waals surface area contributed by atoms with E-state index >= 15 is 0 Å². The van der Waals surface area contributed by atoms with Gasteiger partial charge in [-0.2, -0.15) is 0 Å². The SMILES string of the molecule is CC1=[C]([Hf]([C]2=C(C)C=C(c3cccc4ccccc34)C2)=[Si](c2ccccc2)c2ccccc2)CC(c2cccc3ccccc23)=C1.CC1=[C]([Hf]([C]2=C(C)C=C(c3cccc4ccccc34)C2)=[Si](c2ccccc2)c2ccccc2)CC(c2cccc3ccccc23)=C1.[Cl-].[Cl-]. The number of hydrogen-bond acceptors (Lipinski definition) is 0. The van der Waals surface area contributed by atoms with Crippen LogP contribution in [0.5, 0.6) is 0 Å². The number of fused-ring (bicyclic) bond motifs is 4. The van der Waals surface area contributed by atoms with E-state index in [0.29, 0.717) is 0 Å². The third-order valence-electron chi connectivity index (χ3n) is 19.4. The molecule has 0 radical (unpaired) electrons. The van der Waals surface area contributed by atoms with Gasteiger partial charge in [0, 0.05) is 0 Å². The van der Waals surface area contributed by atoms with Gasteiger partial charge in [-0.25, -0.2) is 0 Å². The fourth-order valence-electron chi connectivity index (χ4n) is 15.1. The largest absolute Gasteiger partial charge is 1.00 e. The van der Waals surface area contributed by atoms with E-state index in [9.17, 15) is 0 Å². The summed E-state index contributed by atoms with van der Waals surface area (Å²) in [7, 11) is 0. The predicted octanol–water partition coefficient (Wildman–Crippen LogP) is 14.5. The van der Waals surface area contributed by atoms with Crippen LogP contribution in [0.15, 0.2) is 351 Å². The van der Waals surface area contributed by atoms with Crippen LogP contribution in [0, 0.1) is 0 Å². The van der Waals surface area contributed by atoms with Crippen molar-refractivity contribution in [1.82, 2.24) is 0 Å². The molecule has 12 aromatic carbocycles. The maximum Gasteiger partial charge on any atom is -1.00 e. The monoisotopic (exact) mass is 1610 g/mol. The summed E-state index contributed by atoms with van der Waals surface area (Å²) in [6, 6.07) is 109. The molecule has 0 spiro atoms. The first kappa shape index (κ1) is 65.0. The predicted molar refractivity (Wildman–Crippen MR) is 393 cm³/mol. The van der Waals surface area contributed by atoms with Crippen LogP contribution in [0.25, 0.3) is 65.4 Å². The number of hydrogen-bond donors (Lipinski definition) is 0. The van der Waals surface area contributed by atoms with Crippen molar-refractivity contribution in [2.24, 2.45) is 0 Å². The molecule has 94 heavy (non-hydrogen) atoms. The number of benzene rings is 12. The van der Waals surface area contributed by atoms with Crippen molar-refractivity contribution >= 4 is 97.1 Å². The van der Waals surface area contributed by atoms with E-state index in [4.69, 9.17) is 0 Å². The number of allylic oxidation sites excluding steroid dienone is 16. The molecule has 0 aliphatic heterocycles. The van der Waals surface area contributed by atoms with Gasteiger partial charge in [0.2, 0.25) is 0 Å². The van der Waals surface area contributed by atoms with E-state index in [2.05, 4.69) is 343 Å². The van der Waals surface area contributed by atoms with Gasteiger partial charge in [0.05, 0.1) is 0 Å². The molecular formula is C88H72Cl2Hf2Si2-2. The van der Waals surface area contributed by atoms with E-state index in [1.165, 1.54) is 110 Å². The van der Waals surface area contributed by atoms with Gasteiger partial charge in [0.1, 0.15) is 0 Å². The summed E-state index contributed by atoms with van der Waals surface area (Å²) in [6.07, 6.45) is 14.5. The summed E-state index contributed by atoms with van der Waals surface area (Å²) < 4.78 is 7.21. The van der Waals surface area contributed by atoms with Gasteiger partial charge in [0.25, 0.3) is 0 Å². The van der Waals surface area contributed by atoms with Crippen LogP contribution in [0.3, 0.4) is 0 Å². The first-order valence-corrected chi connectivity index (χ1v) is 53.5. The van der Waals surface area contributed by atoms with Gasteiger partial charge in [0.15, 0.2) is 0 Å². The quantitative estimate of drug-likeness (QED) is 0.107. The first-order valence-electron chi connectivity index (χ1n) is 32.6. The van der Waals surface area contributed by atoms with Crippen LogP contribution in [0.4, 0.5) is 0 Å². The zero-order valence-corrected chi connectivity index (χ0v) is 64.3. The molecule has 6 heteroatoms. The Morgan fingerprint density at radius 3 is 0.638 bits per heavy atom. The number of halogens is 2. The van der Waals surface area contributed by atoms with Crippen molar-refractivity contribution in [3.63, 3.8) is 0 Å². The second-order valence-electron chi connectivity index (χ2n) is 25.1. The average molecular weight is 1610 g/mol. The maximum absolute atomic E-state index is 2.81. The molecule has 0 amide bonds. The molecule has 0 aromatic heterocycles. The summed E-state index contributed by atoms with van der Waals surface area (Å²) >= 11 is -5.61. The molecule has 0 saturated heterocycles. The molecule has 456 valence electrons. The molecule has 16 rings (SSSR count). The van der Waals surface area contributed by atoms with Gasteiger partial charge in [-0.15, -0.1) is 0 Å². The number of rotatable bonds is 12. The van der Waals surface area contributed by atoms with E-state index in [1.54, 1.807) is 34.1 Å². The van der Waals surface area contributed by atoms with E-state index in [-0.39, 0.29) is 24.8 Å². The van der Waals surface area contributed by atoms with Crippen molar-refractivity contribution in [2.75, 3.05) is 0 Å². The van der Waals surface area contributed by atoms with Crippen molar-refractivity contribution in [2.45, 2.75) is 53.4 Å². The minimum absolute atomic E-state index is 0. The van der Waals surface area contributed by atoms with Gasteiger partial charge in [-0.05, 0) is 0 Å². The molecule has 4 aliphatic carbocycles. The molecule has 4 aliphatic rings. The van der Waals surface area contributed by atoms with Crippen LogP contribution >= 0.6 is 0 Å². The molecule has 0 unspecified atom stereocenters. The standard InChI is InChI=1S/4C16H13.2C12H10Si.2ClH.2Hf/c4*1-12-9-10-14(11-12)16-8-4-6-13-5-2-3-7-15(13)16;2*1-3-7-11(8-4-1)13-12-9-5-2-6-10-12;;;;/h4*2-8,11H,10H2,1H3;2*1-10H;2*1H;;/p-2. The zero-order chi connectivity index (χ0) is 62.1. The Hall–Kier alpha value is -7.65. The Morgan fingerprint density at radius 1 is 0.223 bits per heavy atom. The molecule has 0 fully saturated rings. The van der Waals surface area contributed by atoms with Gasteiger partial charge < -0.3 is 24.8 Å². The van der Waals surface area contributed by atoms with Gasteiger partial charge >= 0.3 is 564 Å². The Kier molecular flexibility index (Phi) is 20.2. The van der Waals surface area contributed by atoms with Crippen LogP contribution < -0.4 is 45.6 Å². The molecule has 0 nitrogen and oxygen atoms in total. The molecular weight excluding hydrogens is 1540 g/mol. The second-order valence-corrected chi connectivity index (χ2v) is 61.9. The molecule has 0 bridgehead atoms. The van der Waals surface area contributed by atoms with Crippen LogP contribution in [0.2, 0.25) is 0 Å². The Labute approximate surface area is 582 Å². The fraction of sp³-hybridized carbons (Fsp3) is 0.0909. The van der Waals surface area contributed by atoms with Crippen molar-refractivity contribution in [1.29, 1.82) is 0 Å². The van der Waals surface area contributed by atoms with Crippen molar-refractivity contribution in [3.8, 4) is 0 Å². The molecule has 0 atom stereocenters. The summed E-state index contributed by atoms with van der Waals surface area (Å²) in [6.45, 7) is 9.66. The molecule has 0 saturated carbocycles. The third-order valence-corrected chi connectivity index (χ3v) is 74.1. The minimum Gasteiger partial charge on any atom is -1.00 e. The smallest absolute Gasteiger partial charge is 1.00 e. The Bertz CT molecular complexity index is 4600. The van der Waals surface area contributed by atoms with Gasteiger partial charge in [-0.3, -0.25) is 0 Å². The van der Waals surface area contributed by atoms with Crippen molar-refractivity contribution < 1.29 is 64.9 Å². The second kappa shape index (κ2) is 29.1. The third kappa shape index (κ3) is 13.0. The summed E-state index contributed by atoms with van der Waals surface area (Å²) in [5, 5.41) is 17.0. The fourth-order valence-corrected chi connectivity index (χ4v) is 76.8. The molecule has 12 aromatic rings. The molecule has 0 heterocycles. The topological polar surface area (TPSA) is 0 Å². The Balaban J connectivity index is 0.000000167. The van der Waals surface area contributed by atoms with Crippen LogP contribution in [-0.4, -0.2) is 11.0 Å². The van der Waals surface area contributed by atoms with Crippen LogP contribution in [-0.2, 0) is 40.1 Å². The summed E-state index contributed by atoms with van der Waals surface area (Å²) in [5.74, 6) is 0. The Morgan fingerprint density at radius 2 is 0.415 bits per heavy atom. The average Bonchev–Trinajstić information content (AvgIpc) is 1.55. The minimum atomic E-state index is -2.81. The summed E-state index contributed by atoms with van der Waals surface area (Å²) in [4.78, 5) is 0. The normalized spacial score (nSPS) is 14.3. The van der Waals surface area contributed by atoms with E-state index in [1.807, 2.05) is 0 Å². The van der Waals surface area contributed by atoms with Crippen molar-refractivity contribution in [3.05, 3.63) is 373 Å². The van der Waals surface area contributed by atoms with E-state index in [0.717, 1.165) is 25.7 Å². The molecule has 0 N–H and O–H groups in total. The van der Waals surface area contributed by atoms with E-state index < -0.39 is 51.1 Å². The zero-order valence-electron chi connectivity index (χ0n) is 53.6. The first-order chi connectivity index (χ1) is 45.3. The van der Waals surface area contributed by atoms with Gasteiger partial charge in [-0.1, -0.05) is 0 Å². The summed E-state index contributed by atoms with van der Waals surface area (Å²) in [5.41, 5.74) is 15.6.